The molecule has 2 amide bonds. The van der Waals surface area contributed by atoms with Crippen molar-refractivity contribution in [3.63, 3.8) is 0 Å². The lowest BCUT2D eigenvalue weighted by Gasteiger charge is -2.20. The lowest BCUT2D eigenvalue weighted by Crippen LogP contribution is -2.38. The molecule has 0 aromatic heterocycles. The van der Waals surface area contributed by atoms with Crippen LogP contribution in [0.4, 0.5) is 23.7 Å². The van der Waals surface area contributed by atoms with Gasteiger partial charge >= 0.3 is 18.2 Å². The predicted octanol–water partition coefficient (Wildman–Crippen LogP) is 6.49. The fraction of sp³-hybridized carbons (Fsp3) is 0.333. The highest BCUT2D eigenvalue weighted by Gasteiger charge is 2.26. The summed E-state index contributed by atoms with van der Waals surface area (Å²) in [5, 5.41) is 11.9. The fourth-order valence-electron chi connectivity index (χ4n) is 4.05. The normalized spacial score (nSPS) is 11.1. The summed E-state index contributed by atoms with van der Waals surface area (Å²) in [5.41, 5.74) is 3.65. The average molecular weight is 559 g/mol. The molecule has 0 radical (unpaired) electrons. The van der Waals surface area contributed by atoms with Crippen molar-refractivity contribution in [3.05, 3.63) is 77.9 Å². The minimum atomic E-state index is -4.27. The van der Waals surface area contributed by atoms with Gasteiger partial charge in [-0.1, -0.05) is 36.4 Å². The molecule has 0 heterocycles. The van der Waals surface area contributed by atoms with Gasteiger partial charge in [0.1, 0.15) is 11.5 Å². The molecule has 0 unspecified atom stereocenters. The number of methoxy groups -OCH3 is 1. The Morgan fingerprint density at radius 1 is 0.975 bits per heavy atom. The third-order valence-corrected chi connectivity index (χ3v) is 6.21. The maximum Gasteiger partial charge on any atom is 0.389 e. The van der Waals surface area contributed by atoms with E-state index >= 15 is 0 Å². The Labute approximate surface area is 231 Å². The first-order valence-electron chi connectivity index (χ1n) is 12.8. The Hall–Kier alpha value is -4.21. The predicted molar refractivity (Wildman–Crippen MR) is 147 cm³/mol. The lowest BCUT2D eigenvalue weighted by atomic mass is 10.00. The zero-order valence-corrected chi connectivity index (χ0v) is 22.5. The number of hydrogen-bond donors (Lipinski definition) is 2. The minimum Gasteiger partial charge on any atom is -0.497 e. The number of ether oxygens (including phenoxy) is 2. The summed E-state index contributed by atoms with van der Waals surface area (Å²) >= 11 is 0. The van der Waals surface area contributed by atoms with Crippen molar-refractivity contribution in [1.82, 2.24) is 5.32 Å². The number of urea groups is 1. The van der Waals surface area contributed by atoms with E-state index in [4.69, 9.17) is 14.6 Å². The molecule has 0 bridgehead atoms. The number of benzene rings is 3. The molecular formula is C30H33F3N2O5. The number of carboxylic acid groups (broad SMARTS) is 1. The van der Waals surface area contributed by atoms with Crippen LogP contribution in [0.2, 0.25) is 0 Å². The Kier molecular flexibility index (Phi) is 10.8. The van der Waals surface area contributed by atoms with E-state index in [9.17, 15) is 22.8 Å². The molecule has 7 nitrogen and oxygen atoms in total. The lowest BCUT2D eigenvalue weighted by molar-refractivity contribution is -0.137. The van der Waals surface area contributed by atoms with Crippen molar-refractivity contribution in [2.45, 2.75) is 38.3 Å². The Bertz CT molecular complexity index is 1300. The quantitative estimate of drug-likeness (QED) is 0.234. The van der Waals surface area contributed by atoms with E-state index < -0.39 is 18.6 Å². The summed E-state index contributed by atoms with van der Waals surface area (Å²) in [4.78, 5) is 25.3. The van der Waals surface area contributed by atoms with Gasteiger partial charge in [0.25, 0.3) is 0 Å². The van der Waals surface area contributed by atoms with Crippen molar-refractivity contribution >= 4 is 17.7 Å². The zero-order valence-electron chi connectivity index (χ0n) is 22.5. The van der Waals surface area contributed by atoms with Crippen LogP contribution in [0.25, 0.3) is 11.1 Å². The molecule has 3 rings (SSSR count). The first kappa shape index (κ1) is 30.3. The van der Waals surface area contributed by atoms with Gasteiger partial charge in [-0.3, -0.25) is 9.69 Å². The van der Waals surface area contributed by atoms with E-state index in [1.54, 1.807) is 50.6 Å². The standard InChI is InChI=1S/C30H33F3N2O5/c1-35(29(38)34-16-14-21-6-3-9-25(18-21)39-2)24-8-4-7-23(20-24)26-12-10-22(11-13-28(36)37)19-27(26)40-17-5-15-30(31,32)33/h3-4,6-10,12,18-20H,5,11,13-17H2,1-2H3,(H,34,38)(H,36,37). The fourth-order valence-corrected chi connectivity index (χ4v) is 4.05. The van der Waals surface area contributed by atoms with Crippen LogP contribution in [0.1, 0.15) is 30.4 Å². The van der Waals surface area contributed by atoms with Gasteiger partial charge < -0.3 is 19.9 Å². The van der Waals surface area contributed by atoms with E-state index in [-0.39, 0.29) is 31.9 Å². The summed E-state index contributed by atoms with van der Waals surface area (Å²) < 4.78 is 48.8. The van der Waals surface area contributed by atoms with Gasteiger partial charge in [-0.2, -0.15) is 13.2 Å². The molecule has 40 heavy (non-hydrogen) atoms. The van der Waals surface area contributed by atoms with E-state index in [0.29, 0.717) is 41.1 Å². The number of alkyl halides is 3. The number of anilines is 1. The smallest absolute Gasteiger partial charge is 0.389 e. The maximum atomic E-state index is 12.8. The van der Waals surface area contributed by atoms with Gasteiger partial charge in [0.15, 0.2) is 0 Å². The number of carbonyl (C=O) groups is 2. The number of nitrogens with zero attached hydrogens (tertiary/aromatic N) is 1. The van der Waals surface area contributed by atoms with E-state index in [1.165, 1.54) is 4.90 Å². The largest absolute Gasteiger partial charge is 0.497 e. The van der Waals surface area contributed by atoms with Crippen LogP contribution in [-0.4, -0.2) is 50.6 Å². The first-order chi connectivity index (χ1) is 19.1. The Balaban J connectivity index is 1.72. The van der Waals surface area contributed by atoms with Crippen LogP contribution >= 0.6 is 0 Å². The Morgan fingerprint density at radius 2 is 1.73 bits per heavy atom. The number of halogens is 3. The molecule has 0 saturated heterocycles. The molecule has 0 aliphatic heterocycles. The van der Waals surface area contributed by atoms with Gasteiger partial charge in [-0.25, -0.2) is 4.79 Å². The number of carboxylic acids is 1. The molecule has 2 N–H and O–H groups in total. The summed E-state index contributed by atoms with van der Waals surface area (Å²) in [6, 6.07) is 19.6. The Morgan fingerprint density at radius 3 is 2.45 bits per heavy atom. The van der Waals surface area contributed by atoms with Crippen molar-refractivity contribution in [1.29, 1.82) is 0 Å². The van der Waals surface area contributed by atoms with Gasteiger partial charge in [0.2, 0.25) is 0 Å². The topological polar surface area (TPSA) is 88.1 Å². The average Bonchev–Trinajstić information content (AvgIpc) is 2.93. The van der Waals surface area contributed by atoms with Gasteiger partial charge in [-0.15, -0.1) is 0 Å². The first-order valence-corrected chi connectivity index (χ1v) is 12.8. The monoisotopic (exact) mass is 558 g/mol. The number of aryl methyl sites for hydroxylation is 1. The van der Waals surface area contributed by atoms with Crippen LogP contribution in [0.3, 0.4) is 0 Å². The molecule has 0 aliphatic rings. The minimum absolute atomic E-state index is 0.0833. The number of amides is 2. The van der Waals surface area contributed by atoms with Crippen molar-refractivity contribution < 1.29 is 37.3 Å². The number of aliphatic carboxylic acids is 1. The van der Waals surface area contributed by atoms with Crippen molar-refractivity contribution in [2.75, 3.05) is 32.2 Å². The van der Waals surface area contributed by atoms with Gasteiger partial charge in [0.05, 0.1) is 13.7 Å². The second kappa shape index (κ2) is 14.3. The van der Waals surface area contributed by atoms with Crippen LogP contribution < -0.4 is 19.7 Å². The molecule has 3 aromatic rings. The molecule has 214 valence electrons. The highest BCUT2D eigenvalue weighted by molar-refractivity contribution is 5.92. The van der Waals surface area contributed by atoms with Crippen LogP contribution in [-0.2, 0) is 17.6 Å². The highest BCUT2D eigenvalue weighted by Crippen LogP contribution is 2.34. The van der Waals surface area contributed by atoms with Crippen molar-refractivity contribution in [2.24, 2.45) is 0 Å². The molecule has 3 aromatic carbocycles. The summed E-state index contributed by atoms with van der Waals surface area (Å²) in [6.07, 6.45) is -4.65. The third kappa shape index (κ3) is 9.52. The molecule has 0 spiro atoms. The second-order valence-electron chi connectivity index (χ2n) is 9.23. The number of rotatable bonds is 13. The van der Waals surface area contributed by atoms with E-state index in [1.807, 2.05) is 30.3 Å². The maximum absolute atomic E-state index is 12.8. The van der Waals surface area contributed by atoms with E-state index in [0.717, 1.165) is 11.3 Å². The van der Waals surface area contributed by atoms with Gasteiger partial charge in [-0.05, 0) is 66.3 Å². The van der Waals surface area contributed by atoms with Crippen LogP contribution in [0.5, 0.6) is 11.5 Å². The summed E-state index contributed by atoms with van der Waals surface area (Å²) in [6.45, 7) is 0.272. The number of hydrogen-bond acceptors (Lipinski definition) is 4. The number of nitrogens with one attached hydrogen (secondary N) is 1. The molecule has 0 saturated carbocycles. The molecule has 0 atom stereocenters. The SMILES string of the molecule is COc1cccc(CCNC(=O)N(C)c2cccc(-c3ccc(CCC(=O)O)cc3OCCCC(F)(F)F)c2)c1. The zero-order chi connectivity index (χ0) is 29.1. The molecule has 0 aliphatic carbocycles. The molecular weight excluding hydrogens is 525 g/mol. The van der Waals surface area contributed by atoms with Crippen LogP contribution in [0, 0.1) is 0 Å². The third-order valence-electron chi connectivity index (χ3n) is 6.21. The summed E-state index contributed by atoms with van der Waals surface area (Å²) in [7, 11) is 3.24. The second-order valence-corrected chi connectivity index (χ2v) is 9.23. The highest BCUT2D eigenvalue weighted by atomic mass is 19.4. The number of carbonyl (C=O) groups excluding carboxylic acids is 1. The van der Waals surface area contributed by atoms with Crippen LogP contribution in [0.15, 0.2) is 66.7 Å². The van der Waals surface area contributed by atoms with Crippen molar-refractivity contribution in [3.8, 4) is 22.6 Å². The van der Waals surface area contributed by atoms with Gasteiger partial charge in [0, 0.05) is 37.7 Å². The molecule has 10 heteroatoms. The van der Waals surface area contributed by atoms with E-state index in [2.05, 4.69) is 5.32 Å². The summed E-state index contributed by atoms with van der Waals surface area (Å²) in [5.74, 6) is 0.151. The molecule has 0 fully saturated rings.